The van der Waals surface area contributed by atoms with Gasteiger partial charge in [-0.2, -0.15) is 0 Å². The molecule has 0 bridgehead atoms. The summed E-state index contributed by atoms with van der Waals surface area (Å²) in [5.74, 6) is 0.997. The van der Waals surface area contributed by atoms with E-state index < -0.39 is 10.7 Å². The minimum absolute atomic E-state index is 0.0264. The number of nitrogens with zero attached hydrogens (tertiary/aromatic N) is 1. The summed E-state index contributed by atoms with van der Waals surface area (Å²) in [4.78, 5) is 22.7. The second kappa shape index (κ2) is 9.05. The zero-order valence-electron chi connectivity index (χ0n) is 15.0. The van der Waals surface area contributed by atoms with Gasteiger partial charge in [-0.3, -0.25) is 14.9 Å². The van der Waals surface area contributed by atoms with Crippen LogP contribution < -0.4 is 14.2 Å². The summed E-state index contributed by atoms with van der Waals surface area (Å²) >= 11 is 5.77. The Morgan fingerprint density at radius 3 is 2.33 bits per heavy atom. The Morgan fingerprint density at radius 2 is 1.81 bits per heavy atom. The lowest BCUT2D eigenvalue weighted by Gasteiger charge is -2.14. The summed E-state index contributed by atoms with van der Waals surface area (Å²) in [5.41, 5.74) is 0.483. The molecule has 0 fully saturated rings. The maximum Gasteiger partial charge on any atom is 0.288 e. The first-order valence-electron chi connectivity index (χ1n) is 7.96. The fourth-order valence-electron chi connectivity index (χ4n) is 2.36. The lowest BCUT2D eigenvalue weighted by Crippen LogP contribution is -1.99. The van der Waals surface area contributed by atoms with Crippen molar-refractivity contribution in [3.05, 3.63) is 62.7 Å². The van der Waals surface area contributed by atoms with Gasteiger partial charge in [0.2, 0.25) is 5.75 Å². The molecule has 0 unspecified atom stereocenters. The molecule has 2 aromatic carbocycles. The van der Waals surface area contributed by atoms with Crippen LogP contribution in [0.5, 0.6) is 17.2 Å². The van der Waals surface area contributed by atoms with Gasteiger partial charge in [0.1, 0.15) is 5.02 Å². The molecule has 8 heteroatoms. The van der Waals surface area contributed by atoms with Gasteiger partial charge in [0.25, 0.3) is 5.69 Å². The molecule has 0 aromatic heterocycles. The van der Waals surface area contributed by atoms with Crippen LogP contribution in [0.25, 0.3) is 6.08 Å². The van der Waals surface area contributed by atoms with Crippen LogP contribution in [-0.4, -0.2) is 31.5 Å². The Labute approximate surface area is 161 Å². The van der Waals surface area contributed by atoms with Crippen molar-refractivity contribution in [2.75, 3.05) is 20.8 Å². The van der Waals surface area contributed by atoms with Crippen molar-refractivity contribution in [1.82, 2.24) is 0 Å². The molecular formula is C19H18ClNO6. The molecular weight excluding hydrogens is 374 g/mol. The molecule has 7 nitrogen and oxygen atoms in total. The van der Waals surface area contributed by atoms with Gasteiger partial charge in [-0.15, -0.1) is 0 Å². The maximum atomic E-state index is 12.3. The summed E-state index contributed by atoms with van der Waals surface area (Å²) in [6, 6.07) is 7.29. The number of nitro benzene ring substituents is 1. The number of ketones is 1. The van der Waals surface area contributed by atoms with Crippen molar-refractivity contribution in [2.24, 2.45) is 0 Å². The summed E-state index contributed by atoms with van der Waals surface area (Å²) in [6.45, 7) is 2.28. The minimum atomic E-state index is -0.634. The minimum Gasteiger partial charge on any atom is -0.493 e. The highest BCUT2D eigenvalue weighted by Gasteiger charge is 2.16. The number of carbonyl (C=O) groups excluding carboxylic acids is 1. The van der Waals surface area contributed by atoms with E-state index in [0.29, 0.717) is 29.4 Å². The molecule has 0 spiro atoms. The fourth-order valence-corrected chi connectivity index (χ4v) is 2.54. The van der Waals surface area contributed by atoms with Crippen molar-refractivity contribution in [1.29, 1.82) is 0 Å². The SMILES string of the molecule is CCOc1c(OC)cc(C=CC(=O)c2ccc(Cl)c([N+](=O)[O-])c2)cc1OC. The van der Waals surface area contributed by atoms with E-state index in [0.717, 1.165) is 6.07 Å². The highest BCUT2D eigenvalue weighted by molar-refractivity contribution is 6.32. The van der Waals surface area contributed by atoms with Gasteiger partial charge < -0.3 is 14.2 Å². The van der Waals surface area contributed by atoms with Crippen LogP contribution >= 0.6 is 11.6 Å². The van der Waals surface area contributed by atoms with E-state index in [-0.39, 0.29) is 16.3 Å². The Kier molecular flexibility index (Phi) is 6.79. The van der Waals surface area contributed by atoms with Crippen molar-refractivity contribution in [3.63, 3.8) is 0 Å². The number of methoxy groups -OCH3 is 2. The average Bonchev–Trinajstić information content (AvgIpc) is 2.66. The Morgan fingerprint density at radius 1 is 1.19 bits per heavy atom. The molecule has 0 atom stereocenters. The second-order valence-electron chi connectivity index (χ2n) is 5.31. The zero-order valence-corrected chi connectivity index (χ0v) is 15.8. The van der Waals surface area contributed by atoms with Gasteiger partial charge in [0, 0.05) is 11.6 Å². The first-order valence-corrected chi connectivity index (χ1v) is 8.34. The molecule has 0 saturated carbocycles. The molecule has 0 saturated heterocycles. The average molecular weight is 392 g/mol. The van der Waals surface area contributed by atoms with Crippen LogP contribution in [-0.2, 0) is 0 Å². The largest absolute Gasteiger partial charge is 0.493 e. The second-order valence-corrected chi connectivity index (χ2v) is 5.72. The predicted octanol–water partition coefficient (Wildman–Crippen LogP) is 4.56. The topological polar surface area (TPSA) is 87.9 Å². The number of ether oxygens (including phenoxy) is 3. The van der Waals surface area contributed by atoms with Gasteiger partial charge in [-0.1, -0.05) is 17.7 Å². The summed E-state index contributed by atoms with van der Waals surface area (Å²) in [6.07, 6.45) is 2.87. The van der Waals surface area contributed by atoms with Crippen molar-refractivity contribution < 1.29 is 23.9 Å². The third-order valence-corrected chi connectivity index (χ3v) is 3.95. The van der Waals surface area contributed by atoms with E-state index in [4.69, 9.17) is 25.8 Å². The molecule has 27 heavy (non-hydrogen) atoms. The first-order chi connectivity index (χ1) is 12.9. The molecule has 2 aromatic rings. The summed E-state index contributed by atoms with van der Waals surface area (Å²) in [5, 5.41) is 10.9. The number of rotatable bonds is 8. The molecule has 0 heterocycles. The Bertz CT molecular complexity index is 869. The van der Waals surface area contributed by atoms with E-state index in [2.05, 4.69) is 0 Å². The number of halogens is 1. The lowest BCUT2D eigenvalue weighted by atomic mass is 10.1. The molecule has 0 radical (unpaired) electrons. The highest BCUT2D eigenvalue weighted by atomic mass is 35.5. The fraction of sp³-hybridized carbons (Fsp3) is 0.211. The highest BCUT2D eigenvalue weighted by Crippen LogP contribution is 2.39. The number of hydrogen-bond acceptors (Lipinski definition) is 6. The predicted molar refractivity (Wildman–Crippen MR) is 102 cm³/mol. The maximum absolute atomic E-state index is 12.3. The van der Waals surface area contributed by atoms with Crippen LogP contribution in [0.15, 0.2) is 36.4 Å². The Hall–Kier alpha value is -3.06. The molecule has 0 aliphatic carbocycles. The lowest BCUT2D eigenvalue weighted by molar-refractivity contribution is -0.384. The first kappa shape index (κ1) is 20.3. The third kappa shape index (κ3) is 4.77. The molecule has 0 aliphatic rings. The summed E-state index contributed by atoms with van der Waals surface area (Å²) < 4.78 is 16.2. The number of carbonyl (C=O) groups is 1. The summed E-state index contributed by atoms with van der Waals surface area (Å²) in [7, 11) is 3.01. The molecule has 2 rings (SSSR count). The zero-order chi connectivity index (χ0) is 20.0. The van der Waals surface area contributed by atoms with Crippen LogP contribution in [0, 0.1) is 10.1 Å². The van der Waals surface area contributed by atoms with E-state index in [1.54, 1.807) is 18.2 Å². The number of benzene rings is 2. The molecule has 0 amide bonds. The van der Waals surface area contributed by atoms with Crippen molar-refractivity contribution >= 4 is 29.1 Å². The van der Waals surface area contributed by atoms with E-state index in [9.17, 15) is 14.9 Å². The van der Waals surface area contributed by atoms with Crippen LogP contribution in [0.4, 0.5) is 5.69 Å². The van der Waals surface area contributed by atoms with Gasteiger partial charge in [0.05, 0.1) is 25.7 Å². The molecule has 142 valence electrons. The number of hydrogen-bond donors (Lipinski definition) is 0. The standard InChI is InChI=1S/C19H18ClNO6/c1-4-27-19-17(25-2)9-12(10-18(19)26-3)5-8-16(22)13-6-7-14(20)15(11-13)21(23)24/h5-11H,4H2,1-3H3. The Balaban J connectivity index is 2.33. The van der Waals surface area contributed by atoms with Crippen molar-refractivity contribution in [3.8, 4) is 17.2 Å². The monoisotopic (exact) mass is 391 g/mol. The van der Waals surface area contributed by atoms with E-state index in [1.807, 2.05) is 6.92 Å². The molecule has 0 aliphatic heterocycles. The van der Waals surface area contributed by atoms with Gasteiger partial charge >= 0.3 is 0 Å². The smallest absolute Gasteiger partial charge is 0.288 e. The van der Waals surface area contributed by atoms with Crippen LogP contribution in [0.2, 0.25) is 5.02 Å². The quantitative estimate of drug-likeness (QED) is 0.283. The number of nitro groups is 1. The van der Waals surface area contributed by atoms with Crippen LogP contribution in [0.3, 0.4) is 0 Å². The van der Waals surface area contributed by atoms with E-state index >= 15 is 0 Å². The normalized spacial score (nSPS) is 10.7. The van der Waals surface area contributed by atoms with Gasteiger partial charge in [0.15, 0.2) is 17.3 Å². The van der Waals surface area contributed by atoms with Crippen LogP contribution in [0.1, 0.15) is 22.8 Å². The van der Waals surface area contributed by atoms with Crippen molar-refractivity contribution in [2.45, 2.75) is 6.92 Å². The molecule has 0 N–H and O–H groups in total. The number of allylic oxidation sites excluding steroid dienone is 1. The third-order valence-electron chi connectivity index (χ3n) is 3.63. The van der Waals surface area contributed by atoms with Gasteiger partial charge in [-0.25, -0.2) is 0 Å². The van der Waals surface area contributed by atoms with E-state index in [1.165, 1.54) is 32.4 Å². The van der Waals surface area contributed by atoms with Gasteiger partial charge in [-0.05, 0) is 42.8 Å².